The van der Waals surface area contributed by atoms with E-state index in [1.165, 1.54) is 70.6 Å². The van der Waals surface area contributed by atoms with E-state index >= 15 is 0 Å². The number of aliphatic hydroxyl groups excluding tert-OH is 1. The third kappa shape index (κ3) is 36.8. The maximum Gasteiger partial charge on any atom is 0.472 e. The molecule has 1 amide bonds. The van der Waals surface area contributed by atoms with Crippen molar-refractivity contribution in [2.45, 2.75) is 180 Å². The number of carbonyl (C=O) groups excluding carboxylic acids is 1. The second kappa shape index (κ2) is 35.2. The van der Waals surface area contributed by atoms with Crippen LogP contribution in [-0.2, 0) is 18.4 Å². The molecule has 0 rings (SSSR count). The number of phosphoric ester groups is 1. The number of allylic oxidation sites excluding steroid dienone is 8. The summed E-state index contributed by atoms with van der Waals surface area (Å²) >= 11 is 0. The molecule has 8 nitrogen and oxygen atoms in total. The number of unbranched alkanes of at least 4 members (excludes halogenated alkanes) is 16. The van der Waals surface area contributed by atoms with Crippen molar-refractivity contribution in [1.29, 1.82) is 0 Å². The van der Waals surface area contributed by atoms with Crippen molar-refractivity contribution in [3.05, 3.63) is 48.6 Å². The fraction of sp³-hybridized carbons (Fsp3) is 0.791. The first kappa shape index (κ1) is 50.5. The van der Waals surface area contributed by atoms with E-state index in [1.807, 2.05) is 21.1 Å². The molecular weight excluding hydrogens is 671 g/mol. The topological polar surface area (TPSA) is 105 Å². The highest BCUT2D eigenvalue weighted by atomic mass is 31.2. The average Bonchev–Trinajstić information content (AvgIpc) is 3.09. The molecule has 0 fully saturated rings. The summed E-state index contributed by atoms with van der Waals surface area (Å²) in [6.45, 7) is 4.72. The van der Waals surface area contributed by atoms with E-state index in [4.69, 9.17) is 9.05 Å². The van der Waals surface area contributed by atoms with Crippen LogP contribution in [0.25, 0.3) is 0 Å². The van der Waals surface area contributed by atoms with Gasteiger partial charge in [-0.3, -0.25) is 13.8 Å². The van der Waals surface area contributed by atoms with Crippen LogP contribution in [0.3, 0.4) is 0 Å². The smallest absolute Gasteiger partial charge is 0.391 e. The van der Waals surface area contributed by atoms with Gasteiger partial charge in [0, 0.05) is 6.42 Å². The number of hydrogen-bond donors (Lipinski definition) is 3. The van der Waals surface area contributed by atoms with Crippen molar-refractivity contribution in [3.63, 3.8) is 0 Å². The molecule has 0 spiro atoms. The van der Waals surface area contributed by atoms with Gasteiger partial charge < -0.3 is 19.8 Å². The largest absolute Gasteiger partial charge is 0.472 e. The first-order valence-electron chi connectivity index (χ1n) is 21.0. The molecule has 0 heterocycles. The molecule has 3 atom stereocenters. The Kier molecular flexibility index (Phi) is 34.1. The lowest BCUT2D eigenvalue weighted by Crippen LogP contribution is -2.46. The Labute approximate surface area is 320 Å². The lowest BCUT2D eigenvalue weighted by atomic mass is 10.0. The van der Waals surface area contributed by atoms with Crippen LogP contribution in [0.4, 0.5) is 0 Å². The highest BCUT2D eigenvalue weighted by molar-refractivity contribution is 7.47. The summed E-state index contributed by atoms with van der Waals surface area (Å²) in [6.07, 6.45) is 42.8. The summed E-state index contributed by atoms with van der Waals surface area (Å²) in [5.41, 5.74) is 0. The molecule has 0 aromatic carbocycles. The van der Waals surface area contributed by atoms with Gasteiger partial charge in [-0.2, -0.15) is 0 Å². The maximum absolute atomic E-state index is 12.8. The fourth-order valence-electron chi connectivity index (χ4n) is 5.74. The molecule has 0 aliphatic rings. The van der Waals surface area contributed by atoms with Crippen molar-refractivity contribution in [2.75, 3.05) is 40.9 Å². The van der Waals surface area contributed by atoms with E-state index in [2.05, 4.69) is 67.8 Å². The Hall–Kier alpha value is -1.54. The number of carbonyl (C=O) groups is 1. The monoisotopic (exact) mass is 754 g/mol. The molecule has 0 bridgehead atoms. The van der Waals surface area contributed by atoms with Crippen LogP contribution in [0.2, 0.25) is 0 Å². The van der Waals surface area contributed by atoms with E-state index in [-0.39, 0.29) is 19.1 Å². The van der Waals surface area contributed by atoms with Gasteiger partial charge in [-0.15, -0.1) is 0 Å². The van der Waals surface area contributed by atoms with Crippen LogP contribution in [-0.4, -0.2) is 73.4 Å². The SMILES string of the molecule is CC/C=C\C/C=C\C/C=C\C/C=C\CCCCCCCCCCC(=O)NC(COP(=O)(O)OCC[N+](C)(C)C)C(O)CCCCCCCCCCC. The van der Waals surface area contributed by atoms with Gasteiger partial charge in [0.25, 0.3) is 0 Å². The van der Waals surface area contributed by atoms with Crippen molar-refractivity contribution in [1.82, 2.24) is 5.32 Å². The van der Waals surface area contributed by atoms with Crippen LogP contribution in [0.5, 0.6) is 0 Å². The summed E-state index contributed by atoms with van der Waals surface area (Å²) in [5, 5.41) is 13.9. The molecule has 3 N–H and O–H groups in total. The Morgan fingerprint density at radius 3 is 1.69 bits per heavy atom. The number of aliphatic hydroxyl groups is 1. The molecule has 0 radical (unpaired) electrons. The molecule has 9 heteroatoms. The Bertz CT molecular complexity index is 991. The van der Waals surface area contributed by atoms with Gasteiger partial charge in [0.05, 0.1) is 39.9 Å². The highest BCUT2D eigenvalue weighted by Gasteiger charge is 2.28. The van der Waals surface area contributed by atoms with Crippen molar-refractivity contribution >= 4 is 13.7 Å². The van der Waals surface area contributed by atoms with E-state index in [1.54, 1.807) is 0 Å². The predicted molar refractivity (Wildman–Crippen MR) is 221 cm³/mol. The molecule has 0 aliphatic carbocycles. The van der Waals surface area contributed by atoms with Crippen molar-refractivity contribution in [3.8, 4) is 0 Å². The van der Waals surface area contributed by atoms with Crippen LogP contribution >= 0.6 is 7.82 Å². The van der Waals surface area contributed by atoms with Gasteiger partial charge in [-0.25, -0.2) is 4.57 Å². The molecule has 0 aromatic rings. The molecule has 0 aromatic heterocycles. The van der Waals surface area contributed by atoms with Gasteiger partial charge in [-0.1, -0.05) is 159 Å². The summed E-state index contributed by atoms with van der Waals surface area (Å²) in [6, 6.07) is -0.763. The Morgan fingerprint density at radius 1 is 0.673 bits per heavy atom. The van der Waals surface area contributed by atoms with Crippen LogP contribution in [0.15, 0.2) is 48.6 Å². The number of rotatable bonds is 37. The number of nitrogens with zero attached hydrogens (tertiary/aromatic N) is 1. The van der Waals surface area contributed by atoms with E-state index in [0.717, 1.165) is 70.6 Å². The van der Waals surface area contributed by atoms with Gasteiger partial charge >= 0.3 is 7.82 Å². The van der Waals surface area contributed by atoms with Gasteiger partial charge in [0.1, 0.15) is 13.2 Å². The third-order valence-electron chi connectivity index (χ3n) is 9.09. The zero-order valence-electron chi connectivity index (χ0n) is 34.3. The summed E-state index contributed by atoms with van der Waals surface area (Å²) in [5.74, 6) is -0.158. The minimum absolute atomic E-state index is 0.0708. The van der Waals surface area contributed by atoms with Gasteiger partial charge in [0.15, 0.2) is 0 Å². The molecule has 0 saturated carbocycles. The quantitative estimate of drug-likeness (QED) is 0.0252. The highest BCUT2D eigenvalue weighted by Crippen LogP contribution is 2.43. The van der Waals surface area contributed by atoms with Crippen LogP contribution < -0.4 is 5.32 Å². The summed E-state index contributed by atoms with van der Waals surface area (Å²) in [7, 11) is 1.60. The first-order valence-corrected chi connectivity index (χ1v) is 22.5. The number of phosphoric acid groups is 1. The Balaban J connectivity index is 4.30. The standard InChI is InChI=1S/C43H81N2O6P/c1-6-8-10-12-14-16-17-18-19-20-21-22-23-24-25-26-27-29-31-33-35-37-43(47)44-41(40-51-52(48,49)50-39-38-45(3,4)5)42(46)36-34-32-30-28-15-13-11-9-7-2/h8,10,14,16,18-19,21-22,41-42,46H,6-7,9,11-13,15,17,20,23-40H2,1-5H3,(H-,44,47,48,49)/p+1/b10-8-,16-14-,19-18-,22-21-. The minimum Gasteiger partial charge on any atom is -0.391 e. The van der Waals surface area contributed by atoms with Crippen LogP contribution in [0, 0.1) is 0 Å². The predicted octanol–water partition coefficient (Wildman–Crippen LogP) is 11.3. The molecule has 0 saturated heterocycles. The number of quaternary nitrogens is 1. The fourth-order valence-corrected chi connectivity index (χ4v) is 6.48. The van der Waals surface area contributed by atoms with E-state index in [9.17, 15) is 19.4 Å². The van der Waals surface area contributed by atoms with Gasteiger partial charge in [0.2, 0.25) is 5.91 Å². The third-order valence-corrected chi connectivity index (χ3v) is 10.1. The second-order valence-corrected chi connectivity index (χ2v) is 16.8. The molecule has 0 aliphatic heterocycles. The lowest BCUT2D eigenvalue weighted by molar-refractivity contribution is -0.870. The van der Waals surface area contributed by atoms with Crippen LogP contribution in [0.1, 0.15) is 168 Å². The normalized spacial score (nSPS) is 15.0. The van der Waals surface area contributed by atoms with Gasteiger partial charge in [-0.05, 0) is 51.4 Å². The molecule has 52 heavy (non-hydrogen) atoms. The number of nitrogens with one attached hydrogen (secondary N) is 1. The average molecular weight is 754 g/mol. The summed E-state index contributed by atoms with van der Waals surface area (Å²) in [4.78, 5) is 23.0. The Morgan fingerprint density at radius 2 is 1.15 bits per heavy atom. The summed E-state index contributed by atoms with van der Waals surface area (Å²) < 4.78 is 23.5. The molecule has 304 valence electrons. The molecular formula is C43H82N2O6P+. The zero-order chi connectivity index (χ0) is 38.6. The van der Waals surface area contributed by atoms with Crippen molar-refractivity contribution in [2.24, 2.45) is 0 Å². The number of likely N-dealkylation sites (N-methyl/N-ethyl adjacent to an activating group) is 1. The lowest BCUT2D eigenvalue weighted by Gasteiger charge is -2.26. The zero-order valence-corrected chi connectivity index (χ0v) is 35.2. The van der Waals surface area contributed by atoms with Crippen molar-refractivity contribution < 1.29 is 32.9 Å². The second-order valence-electron chi connectivity index (χ2n) is 15.3. The number of amides is 1. The first-order chi connectivity index (χ1) is 25.0. The molecule has 3 unspecified atom stereocenters. The van der Waals surface area contributed by atoms with E-state index < -0.39 is 20.0 Å². The number of hydrogen-bond acceptors (Lipinski definition) is 5. The van der Waals surface area contributed by atoms with E-state index in [0.29, 0.717) is 23.9 Å². The maximum atomic E-state index is 12.8. The minimum atomic E-state index is -4.31.